The molecule has 0 N–H and O–H groups in total. The van der Waals surface area contributed by atoms with Gasteiger partial charge in [-0.25, -0.2) is 0 Å². The molecule has 0 saturated carbocycles. The second-order valence-electron chi connectivity index (χ2n) is 10.1. The molecule has 0 radical (unpaired) electrons. The fourth-order valence-corrected chi connectivity index (χ4v) is 5.77. The van der Waals surface area contributed by atoms with E-state index in [4.69, 9.17) is 4.42 Å². The predicted molar refractivity (Wildman–Crippen MR) is 152 cm³/mol. The summed E-state index contributed by atoms with van der Waals surface area (Å²) in [6.07, 6.45) is 0. The molecule has 0 unspecified atom stereocenters. The van der Waals surface area contributed by atoms with Gasteiger partial charge in [0, 0.05) is 27.2 Å². The van der Waals surface area contributed by atoms with E-state index in [9.17, 15) is 0 Å². The van der Waals surface area contributed by atoms with Crippen molar-refractivity contribution < 1.29 is 4.42 Å². The van der Waals surface area contributed by atoms with Gasteiger partial charge in [-0.15, -0.1) is 0 Å². The number of fused-ring (bicyclic) bond motifs is 6. The van der Waals surface area contributed by atoms with E-state index in [1.165, 1.54) is 71.6 Å². The molecule has 0 fully saturated rings. The quantitative estimate of drug-likeness (QED) is 0.248. The molecule has 36 heavy (non-hydrogen) atoms. The summed E-state index contributed by atoms with van der Waals surface area (Å²) in [6, 6.07) is 33.1. The van der Waals surface area contributed by atoms with Crippen molar-refractivity contribution >= 4 is 43.7 Å². The molecule has 2 heteroatoms. The first-order valence-corrected chi connectivity index (χ1v) is 12.5. The number of aromatic nitrogens is 1. The zero-order valence-electron chi connectivity index (χ0n) is 21.0. The van der Waals surface area contributed by atoms with Gasteiger partial charge in [-0.1, -0.05) is 41.5 Å². The van der Waals surface area contributed by atoms with Crippen molar-refractivity contribution in [2.24, 2.45) is 0 Å². The van der Waals surface area contributed by atoms with E-state index in [0.717, 1.165) is 11.2 Å². The van der Waals surface area contributed by atoms with E-state index in [1.807, 2.05) is 0 Å². The lowest BCUT2D eigenvalue weighted by atomic mass is 9.93. The summed E-state index contributed by atoms with van der Waals surface area (Å²) in [5, 5.41) is 4.95. The number of rotatable bonds is 2. The Morgan fingerprint density at radius 1 is 0.500 bits per heavy atom. The molecule has 0 bridgehead atoms. The van der Waals surface area contributed by atoms with Gasteiger partial charge in [-0.2, -0.15) is 0 Å². The lowest BCUT2D eigenvalue weighted by Gasteiger charge is -2.13. The predicted octanol–water partition coefficient (Wildman–Crippen LogP) is 9.58. The number of hydrogen-bond acceptors (Lipinski definition) is 1. The molecular weight excluding hydrogens is 438 g/mol. The summed E-state index contributed by atoms with van der Waals surface area (Å²) >= 11 is 0. The summed E-state index contributed by atoms with van der Waals surface area (Å²) in [7, 11) is 0. The van der Waals surface area contributed by atoms with E-state index in [0.29, 0.717) is 0 Å². The summed E-state index contributed by atoms with van der Waals surface area (Å²) in [6.45, 7) is 8.73. The number of benzene rings is 5. The summed E-state index contributed by atoms with van der Waals surface area (Å²) in [5.41, 5.74) is 13.0. The highest BCUT2D eigenvalue weighted by Gasteiger charge is 2.17. The van der Waals surface area contributed by atoms with Crippen LogP contribution in [0.15, 0.2) is 95.4 Å². The van der Waals surface area contributed by atoms with E-state index < -0.39 is 0 Å². The van der Waals surface area contributed by atoms with Crippen LogP contribution in [-0.2, 0) is 0 Å². The number of furan rings is 1. The minimum absolute atomic E-state index is 0.940. The van der Waals surface area contributed by atoms with Crippen LogP contribution in [0, 0.1) is 27.7 Å². The maximum absolute atomic E-state index is 6.30. The summed E-state index contributed by atoms with van der Waals surface area (Å²) < 4.78 is 8.69. The van der Waals surface area contributed by atoms with Gasteiger partial charge >= 0.3 is 0 Å². The van der Waals surface area contributed by atoms with Gasteiger partial charge in [-0.05, 0) is 111 Å². The maximum atomic E-state index is 6.30. The topological polar surface area (TPSA) is 18.1 Å². The molecular formula is C34H27NO. The van der Waals surface area contributed by atoms with Crippen molar-refractivity contribution in [3.8, 4) is 16.8 Å². The van der Waals surface area contributed by atoms with E-state index in [1.54, 1.807) is 0 Å². The molecule has 2 aromatic heterocycles. The number of para-hydroxylation sites is 1. The lowest BCUT2D eigenvalue weighted by Crippen LogP contribution is -1.94. The fourth-order valence-electron chi connectivity index (χ4n) is 5.77. The van der Waals surface area contributed by atoms with Crippen LogP contribution < -0.4 is 0 Å². The van der Waals surface area contributed by atoms with E-state index in [-0.39, 0.29) is 0 Å². The number of hydrogen-bond donors (Lipinski definition) is 0. The van der Waals surface area contributed by atoms with Crippen molar-refractivity contribution in [2.75, 3.05) is 0 Å². The highest BCUT2D eigenvalue weighted by atomic mass is 16.3. The van der Waals surface area contributed by atoms with Gasteiger partial charge in [0.15, 0.2) is 0 Å². The molecule has 0 aliphatic heterocycles. The normalized spacial score (nSPS) is 11.9. The van der Waals surface area contributed by atoms with Crippen LogP contribution in [0.1, 0.15) is 22.3 Å². The molecule has 0 spiro atoms. The highest BCUT2D eigenvalue weighted by Crippen LogP contribution is 2.40. The van der Waals surface area contributed by atoms with E-state index >= 15 is 0 Å². The third-order valence-corrected chi connectivity index (χ3v) is 7.54. The van der Waals surface area contributed by atoms with Gasteiger partial charge in [0.25, 0.3) is 0 Å². The Labute approximate surface area is 210 Å². The zero-order valence-corrected chi connectivity index (χ0v) is 21.0. The molecule has 7 rings (SSSR count). The van der Waals surface area contributed by atoms with Crippen LogP contribution in [0.2, 0.25) is 0 Å². The largest absolute Gasteiger partial charge is 0.456 e. The minimum Gasteiger partial charge on any atom is -0.456 e. The molecule has 0 amide bonds. The third kappa shape index (κ3) is 3.04. The Bertz CT molecular complexity index is 1970. The lowest BCUT2D eigenvalue weighted by molar-refractivity contribution is 0.669. The smallest absolute Gasteiger partial charge is 0.136 e. The van der Waals surface area contributed by atoms with E-state index in [2.05, 4.69) is 123 Å². The average molecular weight is 466 g/mol. The first-order valence-electron chi connectivity index (χ1n) is 12.5. The molecule has 0 saturated heterocycles. The average Bonchev–Trinajstić information content (AvgIpc) is 3.37. The van der Waals surface area contributed by atoms with Crippen LogP contribution >= 0.6 is 0 Å². The van der Waals surface area contributed by atoms with Crippen LogP contribution in [0.4, 0.5) is 0 Å². The SMILES string of the molecule is Cc1ccc2oc3cc(-c4cc5c(cc4C)c4cc(C)ccc4n5-c4ccccc4)c(C)cc3c2c1. The van der Waals surface area contributed by atoms with Crippen LogP contribution in [-0.4, -0.2) is 4.57 Å². The van der Waals surface area contributed by atoms with Crippen LogP contribution in [0.3, 0.4) is 0 Å². The Kier molecular flexibility index (Phi) is 4.44. The molecule has 0 aliphatic carbocycles. The monoisotopic (exact) mass is 465 g/mol. The minimum atomic E-state index is 0.940. The first-order chi connectivity index (χ1) is 17.5. The molecule has 5 aromatic carbocycles. The van der Waals surface area contributed by atoms with Crippen LogP contribution in [0.25, 0.3) is 60.6 Å². The van der Waals surface area contributed by atoms with Crippen molar-refractivity contribution in [3.63, 3.8) is 0 Å². The maximum Gasteiger partial charge on any atom is 0.136 e. The number of nitrogens with zero attached hydrogens (tertiary/aromatic N) is 1. The van der Waals surface area contributed by atoms with Gasteiger partial charge < -0.3 is 8.98 Å². The van der Waals surface area contributed by atoms with Crippen molar-refractivity contribution in [3.05, 3.63) is 113 Å². The second-order valence-corrected chi connectivity index (χ2v) is 10.1. The van der Waals surface area contributed by atoms with Gasteiger partial charge in [0.05, 0.1) is 11.0 Å². The molecule has 0 aliphatic rings. The number of aryl methyl sites for hydroxylation is 4. The standard InChI is InChI=1S/C34H27NO/c1-20-10-12-31-27(14-20)28-16-22(3)25(18-32(28)35(31)24-8-6-5-7-9-24)26-19-34-30(17-23(26)4)29-15-21(2)11-13-33(29)36-34/h5-19H,1-4H3. The van der Waals surface area contributed by atoms with Crippen molar-refractivity contribution in [2.45, 2.75) is 27.7 Å². The highest BCUT2D eigenvalue weighted by molar-refractivity contribution is 6.11. The molecule has 2 nitrogen and oxygen atoms in total. The summed E-state index contributed by atoms with van der Waals surface area (Å²) in [5.74, 6) is 0. The summed E-state index contributed by atoms with van der Waals surface area (Å²) in [4.78, 5) is 0. The fraction of sp³-hybridized carbons (Fsp3) is 0.118. The Morgan fingerprint density at radius 2 is 1.11 bits per heavy atom. The van der Waals surface area contributed by atoms with Crippen molar-refractivity contribution in [1.29, 1.82) is 0 Å². The molecule has 174 valence electrons. The molecule has 0 atom stereocenters. The van der Waals surface area contributed by atoms with Gasteiger partial charge in [0.1, 0.15) is 11.2 Å². The van der Waals surface area contributed by atoms with Gasteiger partial charge in [-0.3, -0.25) is 0 Å². The Morgan fingerprint density at radius 3 is 1.89 bits per heavy atom. The second kappa shape index (κ2) is 7.60. The van der Waals surface area contributed by atoms with Crippen molar-refractivity contribution in [1.82, 2.24) is 4.57 Å². The molecule has 7 aromatic rings. The van der Waals surface area contributed by atoms with Crippen LogP contribution in [0.5, 0.6) is 0 Å². The molecule has 2 heterocycles. The first kappa shape index (κ1) is 21.0. The third-order valence-electron chi connectivity index (χ3n) is 7.54. The van der Waals surface area contributed by atoms with Gasteiger partial charge in [0.2, 0.25) is 0 Å². The zero-order chi connectivity index (χ0) is 24.6. The Hall–Kier alpha value is -4.30. The Balaban J connectivity index is 1.54.